The summed E-state index contributed by atoms with van der Waals surface area (Å²) < 4.78 is 5.62. The van der Waals surface area contributed by atoms with Crippen molar-refractivity contribution in [2.24, 2.45) is 0 Å². The van der Waals surface area contributed by atoms with Gasteiger partial charge in [-0.15, -0.1) is 0 Å². The number of fused-ring (bicyclic) bond motifs is 1. The van der Waals surface area contributed by atoms with Gasteiger partial charge in [-0.25, -0.2) is 24.7 Å². The second kappa shape index (κ2) is 12.5. The van der Waals surface area contributed by atoms with Gasteiger partial charge in [-0.3, -0.25) is 4.90 Å². The van der Waals surface area contributed by atoms with Gasteiger partial charge in [-0.05, 0) is 43.2 Å². The maximum absolute atomic E-state index is 11.9. The van der Waals surface area contributed by atoms with Crippen LogP contribution < -0.4 is 14.7 Å². The van der Waals surface area contributed by atoms with Crippen LogP contribution in [0.15, 0.2) is 66.9 Å². The summed E-state index contributed by atoms with van der Waals surface area (Å²) in [5, 5.41) is 9.72. The molecule has 4 aromatic rings. The van der Waals surface area contributed by atoms with E-state index in [2.05, 4.69) is 33.8 Å². The molecule has 0 bridgehead atoms. The molecule has 0 aliphatic carbocycles. The summed E-state index contributed by atoms with van der Waals surface area (Å²) in [7, 11) is 0. The molecule has 2 aliphatic heterocycles. The summed E-state index contributed by atoms with van der Waals surface area (Å²) in [4.78, 5) is 37.3. The Morgan fingerprint density at radius 3 is 2.45 bits per heavy atom. The Morgan fingerprint density at radius 1 is 0.929 bits per heavy atom. The van der Waals surface area contributed by atoms with Crippen molar-refractivity contribution in [1.29, 1.82) is 0 Å². The number of anilines is 3. The van der Waals surface area contributed by atoms with Gasteiger partial charge in [0.05, 0.1) is 31.1 Å². The van der Waals surface area contributed by atoms with Crippen molar-refractivity contribution >= 4 is 23.5 Å². The highest BCUT2D eigenvalue weighted by Crippen LogP contribution is 2.32. The van der Waals surface area contributed by atoms with Gasteiger partial charge in [0.2, 0.25) is 5.95 Å². The molecule has 0 radical (unpaired) electrons. The minimum Gasteiger partial charge on any atom is -0.465 e. The quantitative estimate of drug-likeness (QED) is 0.305. The van der Waals surface area contributed by atoms with Crippen LogP contribution in [0.2, 0.25) is 0 Å². The number of nitrogens with zero attached hydrogens (tertiary/aromatic N) is 7. The molecule has 1 fully saturated rings. The lowest BCUT2D eigenvalue weighted by Gasteiger charge is -2.34. The first-order valence-corrected chi connectivity index (χ1v) is 14.6. The predicted octanol–water partition coefficient (Wildman–Crippen LogP) is 5.28. The highest BCUT2D eigenvalue weighted by molar-refractivity contribution is 5.86. The molecule has 0 saturated carbocycles. The maximum atomic E-state index is 11.9. The number of ether oxygens (including phenoxy) is 1. The summed E-state index contributed by atoms with van der Waals surface area (Å²) in [5.74, 6) is 2.26. The van der Waals surface area contributed by atoms with Crippen molar-refractivity contribution in [1.82, 2.24) is 19.9 Å². The van der Waals surface area contributed by atoms with E-state index in [1.54, 1.807) is 0 Å². The minimum absolute atomic E-state index is 0.463. The molecule has 2 aliphatic rings. The third kappa shape index (κ3) is 5.89. The first-order chi connectivity index (χ1) is 20.6. The minimum atomic E-state index is -0.950. The third-order valence-corrected chi connectivity index (χ3v) is 7.75. The van der Waals surface area contributed by atoms with Crippen LogP contribution in [0, 0.1) is 0 Å². The third-order valence-electron chi connectivity index (χ3n) is 7.75. The van der Waals surface area contributed by atoms with E-state index in [0.717, 1.165) is 72.8 Å². The second-order valence-corrected chi connectivity index (χ2v) is 10.5. The molecule has 6 rings (SSSR count). The zero-order valence-electron chi connectivity index (χ0n) is 23.8. The van der Waals surface area contributed by atoms with Gasteiger partial charge in [0.25, 0.3) is 0 Å². The Balaban J connectivity index is 1.33. The van der Waals surface area contributed by atoms with Crippen LogP contribution in [0.5, 0.6) is 0 Å². The van der Waals surface area contributed by atoms with E-state index in [0.29, 0.717) is 43.8 Å². The molecule has 0 spiro atoms. The molecule has 10 heteroatoms. The van der Waals surface area contributed by atoms with Crippen molar-refractivity contribution in [3.05, 3.63) is 78.1 Å². The number of hydrogen-bond acceptors (Lipinski definition) is 8. The Labute approximate surface area is 245 Å². The van der Waals surface area contributed by atoms with E-state index < -0.39 is 6.09 Å². The first kappa shape index (κ1) is 27.6. The van der Waals surface area contributed by atoms with Crippen LogP contribution in [0.1, 0.15) is 31.0 Å². The zero-order valence-corrected chi connectivity index (χ0v) is 23.8. The highest BCUT2D eigenvalue weighted by Gasteiger charge is 2.28. The van der Waals surface area contributed by atoms with Crippen LogP contribution in [0.4, 0.5) is 22.2 Å². The normalized spacial score (nSPS) is 14.9. The molecule has 42 heavy (non-hydrogen) atoms. The highest BCUT2D eigenvalue weighted by atomic mass is 16.5. The first-order valence-electron chi connectivity index (χ1n) is 14.6. The molecule has 2 aromatic heterocycles. The number of rotatable bonds is 8. The Morgan fingerprint density at radius 2 is 1.71 bits per heavy atom. The number of amides is 1. The SMILES string of the molecule is CCCCN(C(=O)O)c1ccc(-c2nc3c(c(N4CCOCC4)n2)CCN(c2nccc(-c4ccccc4)n2)C3)cc1. The van der Waals surface area contributed by atoms with Crippen LogP contribution in [0.3, 0.4) is 0 Å². The Hall–Kier alpha value is -4.57. The van der Waals surface area contributed by atoms with Crippen LogP contribution in [-0.4, -0.2) is 70.5 Å². The van der Waals surface area contributed by atoms with Crippen molar-refractivity contribution in [3.8, 4) is 22.6 Å². The maximum Gasteiger partial charge on any atom is 0.411 e. The predicted molar refractivity (Wildman–Crippen MR) is 163 cm³/mol. The lowest BCUT2D eigenvalue weighted by atomic mass is 10.0. The van der Waals surface area contributed by atoms with Crippen molar-refractivity contribution in [2.45, 2.75) is 32.7 Å². The van der Waals surface area contributed by atoms with Gasteiger partial charge in [-0.1, -0.05) is 43.7 Å². The van der Waals surface area contributed by atoms with Crippen LogP contribution >= 0.6 is 0 Å². The van der Waals surface area contributed by atoms with Crippen molar-refractivity contribution in [3.63, 3.8) is 0 Å². The number of carboxylic acid groups (broad SMARTS) is 1. The van der Waals surface area contributed by atoms with Crippen molar-refractivity contribution < 1.29 is 14.6 Å². The molecule has 0 atom stereocenters. The molecule has 10 nitrogen and oxygen atoms in total. The summed E-state index contributed by atoms with van der Waals surface area (Å²) >= 11 is 0. The Bertz CT molecular complexity index is 1530. The standard InChI is InChI=1S/C32H35N7O3/c1-2-3-16-39(32(40)41)25-11-9-24(10-12-25)29-34-28-22-38(17-14-26(28)30(36-29)37-18-20-42-21-19-37)31-33-15-13-27(35-31)23-7-5-4-6-8-23/h4-13,15H,2-3,14,16-22H2,1H3,(H,40,41). The van der Waals surface area contributed by atoms with Crippen molar-refractivity contribution in [2.75, 3.05) is 54.1 Å². The van der Waals surface area contributed by atoms with E-state index in [9.17, 15) is 9.90 Å². The topological polar surface area (TPSA) is 108 Å². The number of morpholine rings is 1. The molecule has 0 unspecified atom stereocenters. The average molecular weight is 566 g/mol. The molecule has 2 aromatic carbocycles. The van der Waals surface area contributed by atoms with Gasteiger partial charge in [0.15, 0.2) is 5.82 Å². The number of aromatic nitrogens is 4. The van der Waals surface area contributed by atoms with Gasteiger partial charge in [-0.2, -0.15) is 0 Å². The van der Waals surface area contributed by atoms with E-state index in [1.807, 2.05) is 54.7 Å². The Kier molecular flexibility index (Phi) is 8.23. The number of hydrogen-bond donors (Lipinski definition) is 1. The van der Waals surface area contributed by atoms with E-state index >= 15 is 0 Å². The fourth-order valence-electron chi connectivity index (χ4n) is 5.46. The number of benzene rings is 2. The zero-order chi connectivity index (χ0) is 28.9. The number of unbranched alkanes of at least 4 members (excludes halogenated alkanes) is 1. The van der Waals surface area contributed by atoms with Gasteiger partial charge >= 0.3 is 6.09 Å². The van der Waals surface area contributed by atoms with E-state index in [1.165, 1.54) is 4.90 Å². The lowest BCUT2D eigenvalue weighted by molar-refractivity contribution is 0.122. The molecule has 4 heterocycles. The largest absolute Gasteiger partial charge is 0.465 e. The number of carbonyl (C=O) groups is 1. The fourth-order valence-corrected chi connectivity index (χ4v) is 5.46. The van der Waals surface area contributed by atoms with Gasteiger partial charge in [0.1, 0.15) is 5.82 Å². The molecule has 1 saturated heterocycles. The summed E-state index contributed by atoms with van der Waals surface area (Å²) in [6.07, 6.45) is 3.38. The second-order valence-electron chi connectivity index (χ2n) is 10.5. The van der Waals surface area contributed by atoms with E-state index in [-0.39, 0.29) is 0 Å². The van der Waals surface area contributed by atoms with Gasteiger partial charge < -0.3 is 19.6 Å². The molecule has 1 amide bonds. The monoisotopic (exact) mass is 565 g/mol. The smallest absolute Gasteiger partial charge is 0.411 e. The molecular formula is C32H35N7O3. The molecule has 216 valence electrons. The lowest BCUT2D eigenvalue weighted by Crippen LogP contribution is -2.40. The van der Waals surface area contributed by atoms with Gasteiger partial charge in [0, 0.05) is 54.8 Å². The molecule has 1 N–H and O–H groups in total. The van der Waals surface area contributed by atoms with Crippen LogP contribution in [-0.2, 0) is 17.7 Å². The summed E-state index contributed by atoms with van der Waals surface area (Å²) in [5.41, 5.74) is 5.55. The summed E-state index contributed by atoms with van der Waals surface area (Å²) in [6, 6.07) is 19.6. The average Bonchev–Trinajstić information content (AvgIpc) is 3.05. The summed E-state index contributed by atoms with van der Waals surface area (Å²) in [6.45, 7) is 6.74. The fraction of sp³-hybridized carbons (Fsp3) is 0.344. The molecular weight excluding hydrogens is 530 g/mol. The van der Waals surface area contributed by atoms with Crippen LogP contribution in [0.25, 0.3) is 22.6 Å². The van der Waals surface area contributed by atoms with E-state index in [4.69, 9.17) is 19.7 Å².